The van der Waals surface area contributed by atoms with Crippen LogP contribution in [0.15, 0.2) is 0 Å². The average Bonchev–Trinajstić information content (AvgIpc) is 2.51. The molecule has 0 saturated heterocycles. The molecule has 0 aromatic carbocycles. The zero-order valence-corrected chi connectivity index (χ0v) is 16.1. The first kappa shape index (κ1) is 22.5. The predicted molar refractivity (Wildman–Crippen MR) is 96.1 cm³/mol. The van der Waals surface area contributed by atoms with E-state index in [4.69, 9.17) is 9.47 Å². The summed E-state index contributed by atoms with van der Waals surface area (Å²) in [4.78, 5) is 23.4. The summed E-state index contributed by atoms with van der Waals surface area (Å²) in [5, 5.41) is 5.47. The second-order valence-corrected chi connectivity index (χ2v) is 7.10. The van der Waals surface area contributed by atoms with Gasteiger partial charge >= 0.3 is 12.2 Å². The Morgan fingerprint density at radius 2 is 1.50 bits per heavy atom. The number of hydrogen-bond acceptors (Lipinski definition) is 4. The number of nitrogens with one attached hydrogen (secondary N) is 2. The largest absolute Gasteiger partial charge is 0.449 e. The Morgan fingerprint density at radius 3 is 1.96 bits per heavy atom. The maximum Gasteiger partial charge on any atom is 0.407 e. The Bertz CT molecular complexity index is 361. The molecule has 0 spiro atoms. The van der Waals surface area contributed by atoms with Crippen molar-refractivity contribution >= 4 is 12.2 Å². The molecule has 0 aliphatic carbocycles. The van der Waals surface area contributed by atoms with Gasteiger partial charge in [0.1, 0.15) is 13.2 Å². The van der Waals surface area contributed by atoms with Crippen LogP contribution in [0.4, 0.5) is 9.59 Å². The Balaban J connectivity index is 4.19. The van der Waals surface area contributed by atoms with Crippen LogP contribution in [0.5, 0.6) is 0 Å². The zero-order valence-electron chi connectivity index (χ0n) is 16.1. The molecule has 0 bridgehead atoms. The van der Waals surface area contributed by atoms with Gasteiger partial charge in [-0.05, 0) is 25.2 Å². The Kier molecular flexibility index (Phi) is 12.1. The van der Waals surface area contributed by atoms with Gasteiger partial charge in [-0.1, -0.05) is 47.5 Å². The van der Waals surface area contributed by atoms with Crippen molar-refractivity contribution in [1.29, 1.82) is 0 Å². The Morgan fingerprint density at radius 1 is 0.958 bits per heavy atom. The van der Waals surface area contributed by atoms with Gasteiger partial charge in [-0.15, -0.1) is 0 Å². The number of hydrogen-bond donors (Lipinski definition) is 2. The van der Waals surface area contributed by atoms with Crippen LogP contribution >= 0.6 is 0 Å². The van der Waals surface area contributed by atoms with Crippen molar-refractivity contribution in [3.05, 3.63) is 0 Å². The van der Waals surface area contributed by atoms with Crippen molar-refractivity contribution in [3.63, 3.8) is 0 Å². The zero-order chi connectivity index (χ0) is 18.4. The summed E-state index contributed by atoms with van der Waals surface area (Å²) in [6, 6.07) is 0. The summed E-state index contributed by atoms with van der Waals surface area (Å²) in [7, 11) is 0. The lowest BCUT2D eigenvalue weighted by Crippen LogP contribution is -2.36. The van der Waals surface area contributed by atoms with Gasteiger partial charge in [-0.2, -0.15) is 0 Å². The van der Waals surface area contributed by atoms with Gasteiger partial charge < -0.3 is 20.1 Å². The van der Waals surface area contributed by atoms with Gasteiger partial charge in [-0.3, -0.25) is 0 Å². The highest BCUT2D eigenvalue weighted by Gasteiger charge is 2.27. The van der Waals surface area contributed by atoms with E-state index in [1.54, 1.807) is 0 Å². The molecule has 6 nitrogen and oxygen atoms in total. The molecule has 1 unspecified atom stereocenters. The monoisotopic (exact) mass is 344 g/mol. The third kappa shape index (κ3) is 12.0. The smallest absolute Gasteiger partial charge is 0.407 e. The van der Waals surface area contributed by atoms with E-state index in [-0.39, 0.29) is 18.6 Å². The fourth-order valence-corrected chi connectivity index (χ4v) is 2.20. The summed E-state index contributed by atoms with van der Waals surface area (Å²) in [5.41, 5.74) is -0.369. The molecular formula is C18H36N2O4. The van der Waals surface area contributed by atoms with E-state index < -0.39 is 12.2 Å². The third-order valence-electron chi connectivity index (χ3n) is 3.75. The second kappa shape index (κ2) is 12.9. The van der Waals surface area contributed by atoms with Gasteiger partial charge in [0.2, 0.25) is 0 Å². The molecule has 6 heteroatoms. The van der Waals surface area contributed by atoms with Crippen molar-refractivity contribution in [2.24, 2.45) is 11.3 Å². The minimum Gasteiger partial charge on any atom is -0.449 e. The van der Waals surface area contributed by atoms with E-state index in [0.717, 1.165) is 32.1 Å². The molecule has 142 valence electrons. The predicted octanol–water partition coefficient (Wildman–Crippen LogP) is 4.09. The highest BCUT2D eigenvalue weighted by atomic mass is 16.6. The summed E-state index contributed by atoms with van der Waals surface area (Å²) in [6.45, 7) is 12.0. The van der Waals surface area contributed by atoms with Crippen LogP contribution in [0.25, 0.3) is 0 Å². The molecular weight excluding hydrogens is 308 g/mol. The molecule has 0 radical (unpaired) electrons. The lowest BCUT2D eigenvalue weighted by molar-refractivity contribution is 0.0311. The average molecular weight is 344 g/mol. The second-order valence-electron chi connectivity index (χ2n) is 7.10. The Hall–Kier alpha value is -1.46. The molecule has 2 amide bonds. The van der Waals surface area contributed by atoms with E-state index in [1.165, 1.54) is 0 Å². The minimum absolute atomic E-state index is 0.233. The number of alkyl carbamates (subject to hydrolysis) is 2. The van der Waals surface area contributed by atoms with Crippen molar-refractivity contribution in [2.75, 3.05) is 26.3 Å². The maximum atomic E-state index is 11.7. The molecule has 1 atom stereocenters. The normalized spacial score (nSPS) is 13.2. The minimum atomic E-state index is -0.412. The number of unbranched alkanes of at least 4 members (excludes halogenated alkanes) is 1. The van der Waals surface area contributed by atoms with Crippen LogP contribution in [0.3, 0.4) is 0 Å². The lowest BCUT2D eigenvalue weighted by atomic mass is 9.87. The maximum absolute atomic E-state index is 11.7. The van der Waals surface area contributed by atoms with Crippen LogP contribution in [0, 0.1) is 11.3 Å². The number of ether oxygens (including phenoxy) is 2. The molecule has 0 aliphatic heterocycles. The van der Waals surface area contributed by atoms with Crippen LogP contribution in [-0.2, 0) is 9.47 Å². The van der Waals surface area contributed by atoms with E-state index in [2.05, 4.69) is 38.3 Å². The molecule has 2 N–H and O–H groups in total. The van der Waals surface area contributed by atoms with Gasteiger partial charge in [0.15, 0.2) is 0 Å². The molecule has 0 heterocycles. The highest BCUT2D eigenvalue weighted by molar-refractivity contribution is 5.67. The van der Waals surface area contributed by atoms with Gasteiger partial charge in [0.05, 0.1) is 0 Å². The van der Waals surface area contributed by atoms with Crippen LogP contribution < -0.4 is 10.6 Å². The molecule has 0 saturated carbocycles. The summed E-state index contributed by atoms with van der Waals surface area (Å²) in [6.07, 6.45) is 3.79. The number of carbonyl (C=O) groups is 2. The van der Waals surface area contributed by atoms with Crippen LogP contribution in [-0.4, -0.2) is 38.5 Å². The molecule has 0 fully saturated rings. The summed E-state index contributed by atoms with van der Waals surface area (Å²) >= 11 is 0. The lowest BCUT2D eigenvalue weighted by Gasteiger charge is -2.28. The van der Waals surface area contributed by atoms with Gasteiger partial charge in [-0.25, -0.2) is 9.59 Å². The number of rotatable bonds is 12. The first-order chi connectivity index (χ1) is 11.3. The molecule has 0 aromatic heterocycles. The van der Waals surface area contributed by atoms with E-state index >= 15 is 0 Å². The number of carbonyl (C=O) groups excluding carboxylic acids is 2. The standard InChI is InChI=1S/C18H36N2O4/c1-6-8-11-19-16(21)23-13-18(5,10-7-2)14-24-17(22)20-12-9-15(3)4/h15H,6-14H2,1-5H3,(H,19,21)(H,20,22). The molecule has 0 rings (SSSR count). The first-order valence-corrected chi connectivity index (χ1v) is 9.14. The van der Waals surface area contributed by atoms with E-state index in [9.17, 15) is 9.59 Å². The van der Waals surface area contributed by atoms with Crippen LogP contribution in [0.1, 0.15) is 66.7 Å². The van der Waals surface area contributed by atoms with Crippen molar-refractivity contribution in [1.82, 2.24) is 10.6 Å². The molecule has 0 aliphatic rings. The summed E-state index contributed by atoms with van der Waals surface area (Å²) < 4.78 is 10.6. The summed E-state index contributed by atoms with van der Waals surface area (Å²) in [5.74, 6) is 0.537. The quantitative estimate of drug-likeness (QED) is 0.523. The fourth-order valence-electron chi connectivity index (χ4n) is 2.20. The van der Waals surface area contributed by atoms with Crippen molar-refractivity contribution in [3.8, 4) is 0 Å². The Labute approximate surface area is 147 Å². The number of amides is 2. The van der Waals surface area contributed by atoms with Crippen molar-refractivity contribution < 1.29 is 19.1 Å². The van der Waals surface area contributed by atoms with E-state index in [1.807, 2.05) is 6.92 Å². The van der Waals surface area contributed by atoms with Crippen LogP contribution in [0.2, 0.25) is 0 Å². The fraction of sp³-hybridized carbons (Fsp3) is 0.889. The van der Waals surface area contributed by atoms with Crippen molar-refractivity contribution in [2.45, 2.75) is 66.7 Å². The molecule has 0 aromatic rings. The SMILES string of the molecule is CCCCNC(=O)OCC(C)(CCC)COC(=O)NCCC(C)C. The van der Waals surface area contributed by atoms with E-state index in [0.29, 0.717) is 19.0 Å². The van der Waals surface area contributed by atoms with Gasteiger partial charge in [0, 0.05) is 18.5 Å². The third-order valence-corrected chi connectivity index (χ3v) is 3.75. The first-order valence-electron chi connectivity index (χ1n) is 9.14. The molecule has 24 heavy (non-hydrogen) atoms. The van der Waals surface area contributed by atoms with Gasteiger partial charge in [0.25, 0.3) is 0 Å². The topological polar surface area (TPSA) is 76.7 Å². The highest BCUT2D eigenvalue weighted by Crippen LogP contribution is 2.24.